The van der Waals surface area contributed by atoms with Gasteiger partial charge < -0.3 is 74.4 Å². The summed E-state index contributed by atoms with van der Waals surface area (Å²) in [6, 6.07) is 6.38. The molecule has 2 fully saturated rings. The van der Waals surface area contributed by atoms with E-state index in [9.17, 15) is 55.9 Å². The van der Waals surface area contributed by atoms with Gasteiger partial charge in [-0.3, -0.25) is 4.79 Å². The third-order valence-corrected chi connectivity index (χ3v) is 6.96. The van der Waals surface area contributed by atoms with E-state index in [1.165, 1.54) is 24.3 Å². The fourth-order valence-corrected chi connectivity index (χ4v) is 4.58. The van der Waals surface area contributed by atoms with Crippen molar-refractivity contribution in [2.75, 3.05) is 13.2 Å². The first-order chi connectivity index (χ1) is 19.9. The summed E-state index contributed by atoms with van der Waals surface area (Å²) in [4.78, 5) is 13.3. The normalized spacial score (nSPS) is 31.6. The van der Waals surface area contributed by atoms with Crippen LogP contribution in [0.1, 0.15) is 0 Å². The van der Waals surface area contributed by atoms with Crippen LogP contribution in [0.15, 0.2) is 39.5 Å². The number of phenolic OH excluding ortho intramolecular Hbond substituents is 3. The zero-order chi connectivity index (χ0) is 30.5. The van der Waals surface area contributed by atoms with E-state index in [0.29, 0.717) is 0 Å². The highest BCUT2D eigenvalue weighted by Crippen LogP contribution is 2.51. The summed E-state index contributed by atoms with van der Waals surface area (Å²) < 4.78 is 27.3. The molecule has 1 aromatic heterocycles. The molecular formula is C26H28O16. The Hall–Kier alpha value is -3.71. The quantitative estimate of drug-likeness (QED) is 0.142. The van der Waals surface area contributed by atoms with Crippen molar-refractivity contribution >= 4 is 11.0 Å². The molecule has 2 aromatic carbocycles. The number of aliphatic hydroxyl groups is 7. The first-order valence-electron chi connectivity index (χ1n) is 12.6. The van der Waals surface area contributed by atoms with Crippen LogP contribution in [0.5, 0.6) is 28.7 Å². The molecule has 16 nitrogen and oxygen atoms in total. The van der Waals surface area contributed by atoms with E-state index in [-0.39, 0.29) is 17.1 Å². The molecule has 2 aliphatic rings. The highest BCUT2D eigenvalue weighted by molar-refractivity contribution is 5.95. The number of rotatable bonds is 6. The SMILES string of the molecule is O=c1cc(-c2ccc(O)cc2)oc2c(O[C@@H]3O[C@H](CO)[C@@H](O)[C@H](O)[C@H]3O)c(O)c(O[C@@H]3OC[C@@H](O)[C@H](O)[C@@H]3O)c(O)c12. The number of hydrogen-bond acceptors (Lipinski definition) is 16. The van der Waals surface area contributed by atoms with Gasteiger partial charge in [-0.2, -0.15) is 0 Å². The number of phenols is 3. The van der Waals surface area contributed by atoms with Gasteiger partial charge in [0.15, 0.2) is 16.8 Å². The average molecular weight is 596 g/mol. The van der Waals surface area contributed by atoms with Crippen molar-refractivity contribution in [2.24, 2.45) is 0 Å². The maximum atomic E-state index is 13.3. The molecule has 5 rings (SSSR count). The Balaban J connectivity index is 1.66. The van der Waals surface area contributed by atoms with Crippen molar-refractivity contribution in [1.82, 2.24) is 0 Å². The Morgan fingerprint density at radius 2 is 1.43 bits per heavy atom. The van der Waals surface area contributed by atoms with Gasteiger partial charge in [-0.1, -0.05) is 0 Å². The van der Waals surface area contributed by atoms with Gasteiger partial charge in [0, 0.05) is 11.6 Å². The third-order valence-electron chi connectivity index (χ3n) is 6.96. The van der Waals surface area contributed by atoms with Crippen molar-refractivity contribution in [3.05, 3.63) is 40.6 Å². The van der Waals surface area contributed by atoms with Gasteiger partial charge in [0.1, 0.15) is 59.6 Å². The highest BCUT2D eigenvalue weighted by Gasteiger charge is 2.46. The zero-order valence-corrected chi connectivity index (χ0v) is 21.4. The van der Waals surface area contributed by atoms with Gasteiger partial charge in [0.2, 0.25) is 29.8 Å². The fourth-order valence-electron chi connectivity index (χ4n) is 4.58. The van der Waals surface area contributed by atoms with E-state index >= 15 is 0 Å². The molecule has 0 aliphatic carbocycles. The first-order valence-corrected chi connectivity index (χ1v) is 12.6. The lowest BCUT2D eigenvalue weighted by atomic mass is 9.99. The van der Waals surface area contributed by atoms with Crippen LogP contribution < -0.4 is 14.9 Å². The van der Waals surface area contributed by atoms with Crippen LogP contribution in [0.2, 0.25) is 0 Å². The standard InChI is InChI=1S/C26H28O16/c27-6-13-16(32)18(34)20(36)26(40-13)42-24-21(37)23(41-25-19(35)15(31)11(30)7-38-25)17(33)14-10(29)5-12(39-22(14)24)8-1-3-9(28)4-2-8/h1-5,11,13,15-16,18-20,25-28,30-37H,6-7H2/t11-,13-,15+,16-,18+,19+,20-,25+,26+/m1/s1. The van der Waals surface area contributed by atoms with Gasteiger partial charge in [-0.15, -0.1) is 0 Å². The van der Waals surface area contributed by atoms with Crippen LogP contribution in [0.3, 0.4) is 0 Å². The van der Waals surface area contributed by atoms with E-state index < -0.39 is 108 Å². The minimum atomic E-state index is -1.97. The molecule has 0 amide bonds. The van der Waals surface area contributed by atoms with Crippen molar-refractivity contribution in [3.8, 4) is 40.1 Å². The molecule has 2 aliphatic heterocycles. The lowest BCUT2D eigenvalue weighted by Crippen LogP contribution is -2.60. The molecule has 0 bridgehead atoms. The molecule has 0 spiro atoms. The van der Waals surface area contributed by atoms with Crippen LogP contribution in [0.25, 0.3) is 22.3 Å². The minimum absolute atomic E-state index is 0.0876. The molecule has 9 atom stereocenters. The van der Waals surface area contributed by atoms with Crippen molar-refractivity contribution < 1.29 is 74.4 Å². The molecule has 16 heteroatoms. The lowest BCUT2D eigenvalue weighted by Gasteiger charge is -2.39. The Bertz CT molecular complexity index is 1490. The number of ether oxygens (including phenoxy) is 4. The largest absolute Gasteiger partial charge is 0.508 e. The van der Waals surface area contributed by atoms with E-state index in [1.54, 1.807) is 0 Å². The fraction of sp³-hybridized carbons (Fsp3) is 0.423. The molecule has 228 valence electrons. The lowest BCUT2D eigenvalue weighted by molar-refractivity contribution is -0.277. The van der Waals surface area contributed by atoms with E-state index in [1.807, 2.05) is 0 Å². The number of aliphatic hydroxyl groups excluding tert-OH is 7. The zero-order valence-electron chi connectivity index (χ0n) is 21.4. The third kappa shape index (κ3) is 5.19. The van der Waals surface area contributed by atoms with Gasteiger partial charge in [0.05, 0.1) is 13.2 Å². The Labute approximate surface area is 235 Å². The van der Waals surface area contributed by atoms with Crippen molar-refractivity contribution in [3.63, 3.8) is 0 Å². The number of aromatic hydroxyl groups is 3. The summed E-state index contributed by atoms with van der Waals surface area (Å²) in [6.07, 6.45) is -15.8. The predicted octanol–water partition coefficient (Wildman–Crippen LogP) is -2.43. The molecule has 2 saturated heterocycles. The van der Waals surface area contributed by atoms with Gasteiger partial charge >= 0.3 is 0 Å². The van der Waals surface area contributed by atoms with Crippen LogP contribution in [-0.4, -0.2) is 120 Å². The van der Waals surface area contributed by atoms with Crippen LogP contribution in [-0.2, 0) is 9.47 Å². The molecule has 10 N–H and O–H groups in total. The van der Waals surface area contributed by atoms with Crippen molar-refractivity contribution in [2.45, 2.75) is 55.3 Å². The molecule has 0 radical (unpaired) electrons. The molecule has 3 aromatic rings. The first kappa shape index (κ1) is 29.8. The van der Waals surface area contributed by atoms with E-state index in [4.69, 9.17) is 23.4 Å². The maximum Gasteiger partial charge on any atom is 0.229 e. The maximum absolute atomic E-state index is 13.3. The number of fused-ring (bicyclic) bond motifs is 1. The van der Waals surface area contributed by atoms with Gasteiger partial charge in [-0.05, 0) is 24.3 Å². The second-order valence-electron chi connectivity index (χ2n) is 9.76. The summed E-state index contributed by atoms with van der Waals surface area (Å²) >= 11 is 0. The summed E-state index contributed by atoms with van der Waals surface area (Å²) in [7, 11) is 0. The number of hydrogen-bond donors (Lipinski definition) is 10. The monoisotopic (exact) mass is 596 g/mol. The topological polar surface area (TPSA) is 269 Å². The summed E-state index contributed by atoms with van der Waals surface area (Å²) in [5.74, 6) is -3.99. The van der Waals surface area contributed by atoms with Crippen LogP contribution in [0, 0.1) is 0 Å². The predicted molar refractivity (Wildman–Crippen MR) is 136 cm³/mol. The minimum Gasteiger partial charge on any atom is -0.508 e. The second-order valence-corrected chi connectivity index (χ2v) is 9.76. The Morgan fingerprint density at radius 1 is 0.786 bits per heavy atom. The molecule has 42 heavy (non-hydrogen) atoms. The Morgan fingerprint density at radius 3 is 2.10 bits per heavy atom. The van der Waals surface area contributed by atoms with Crippen molar-refractivity contribution in [1.29, 1.82) is 0 Å². The summed E-state index contributed by atoms with van der Waals surface area (Å²) in [5, 5.41) is 102. The second kappa shape index (κ2) is 11.5. The van der Waals surface area contributed by atoms with Gasteiger partial charge in [0.25, 0.3) is 0 Å². The molecular weight excluding hydrogens is 568 g/mol. The van der Waals surface area contributed by atoms with Crippen LogP contribution >= 0.6 is 0 Å². The highest BCUT2D eigenvalue weighted by atomic mass is 16.7. The summed E-state index contributed by atoms with van der Waals surface area (Å²) in [6.45, 7) is -1.32. The molecule has 0 unspecified atom stereocenters. The molecule has 3 heterocycles. The summed E-state index contributed by atoms with van der Waals surface area (Å²) in [5.41, 5.74) is -1.23. The average Bonchev–Trinajstić information content (AvgIpc) is 2.97. The van der Waals surface area contributed by atoms with E-state index in [0.717, 1.165) is 6.07 Å². The smallest absolute Gasteiger partial charge is 0.229 e. The Kier molecular flexibility index (Phi) is 8.17. The molecule has 0 saturated carbocycles. The van der Waals surface area contributed by atoms with E-state index in [2.05, 4.69) is 0 Å². The van der Waals surface area contributed by atoms with Gasteiger partial charge in [-0.25, -0.2) is 0 Å². The van der Waals surface area contributed by atoms with Crippen LogP contribution in [0.4, 0.5) is 0 Å². The number of benzene rings is 2.